The normalized spacial score (nSPS) is 18.8. The Bertz CT molecular complexity index is 1560. The number of hydrogen-bond acceptors (Lipinski definition) is 5. The fourth-order valence-corrected chi connectivity index (χ4v) is 7.60. The van der Waals surface area contributed by atoms with E-state index in [-0.39, 0.29) is 12.8 Å². The van der Waals surface area contributed by atoms with E-state index in [2.05, 4.69) is 103 Å². The molecule has 4 aromatic carbocycles. The molecule has 0 fully saturated rings. The highest BCUT2D eigenvalue weighted by Gasteiger charge is 2.39. The van der Waals surface area contributed by atoms with Gasteiger partial charge in [-0.3, -0.25) is 4.90 Å². The molecular formula is C35H33Br2NO4. The molecule has 0 radical (unpaired) electrons. The summed E-state index contributed by atoms with van der Waals surface area (Å²) < 4.78 is 25.5. The van der Waals surface area contributed by atoms with Crippen LogP contribution in [0.2, 0.25) is 0 Å². The Balaban J connectivity index is 1.24. The van der Waals surface area contributed by atoms with Crippen molar-refractivity contribution in [2.45, 2.75) is 43.7 Å². The van der Waals surface area contributed by atoms with Gasteiger partial charge in [0.2, 0.25) is 6.79 Å². The summed E-state index contributed by atoms with van der Waals surface area (Å²) in [6.45, 7) is 2.09. The van der Waals surface area contributed by atoms with Crippen molar-refractivity contribution in [2.75, 3.05) is 27.6 Å². The summed E-state index contributed by atoms with van der Waals surface area (Å²) in [7, 11) is 3.45. The maximum Gasteiger partial charge on any atom is 0.231 e. The van der Waals surface area contributed by atoms with Crippen molar-refractivity contribution in [1.29, 1.82) is 0 Å². The summed E-state index contributed by atoms with van der Waals surface area (Å²) in [6.07, 6.45) is 3.01. The van der Waals surface area contributed by atoms with Crippen molar-refractivity contribution in [3.05, 3.63) is 115 Å². The first-order valence-corrected chi connectivity index (χ1v) is 16.0. The van der Waals surface area contributed by atoms with Gasteiger partial charge in [0.25, 0.3) is 0 Å². The Morgan fingerprint density at radius 2 is 1.48 bits per heavy atom. The van der Waals surface area contributed by atoms with E-state index < -0.39 is 0 Å². The van der Waals surface area contributed by atoms with Crippen molar-refractivity contribution in [3.63, 3.8) is 0 Å². The first-order valence-electron chi connectivity index (χ1n) is 14.4. The molecule has 2 unspecified atom stereocenters. The lowest BCUT2D eigenvalue weighted by Crippen LogP contribution is -2.41. The largest absolute Gasteiger partial charge is 0.493 e. The van der Waals surface area contributed by atoms with Gasteiger partial charge in [-0.25, -0.2) is 0 Å². The molecular weight excluding hydrogens is 658 g/mol. The summed E-state index contributed by atoms with van der Waals surface area (Å²) in [4.78, 5) is 2.63. The predicted molar refractivity (Wildman–Crippen MR) is 171 cm³/mol. The van der Waals surface area contributed by atoms with Crippen molar-refractivity contribution in [2.24, 2.45) is 0 Å². The second kappa shape index (κ2) is 11.6. The van der Waals surface area contributed by atoms with E-state index in [0.29, 0.717) is 11.8 Å². The van der Waals surface area contributed by atoms with Crippen LogP contribution in [-0.4, -0.2) is 32.5 Å². The average Bonchev–Trinajstić information content (AvgIpc) is 3.48. The van der Waals surface area contributed by atoms with Crippen LogP contribution in [0.15, 0.2) is 81.7 Å². The van der Waals surface area contributed by atoms with Crippen LogP contribution < -0.4 is 18.9 Å². The lowest BCUT2D eigenvalue weighted by Gasteiger charge is -2.45. The van der Waals surface area contributed by atoms with E-state index in [1.807, 2.05) is 6.07 Å². The van der Waals surface area contributed by atoms with Gasteiger partial charge in [0.15, 0.2) is 23.0 Å². The summed E-state index contributed by atoms with van der Waals surface area (Å²) in [6, 6.07) is 26.6. The van der Waals surface area contributed by atoms with Crippen LogP contribution in [0.25, 0.3) is 0 Å². The number of benzene rings is 4. The minimum atomic E-state index is 0.282. The van der Waals surface area contributed by atoms with Crippen molar-refractivity contribution < 1.29 is 18.9 Å². The lowest BCUT2D eigenvalue weighted by atomic mass is 9.76. The molecule has 4 aromatic rings. The third-order valence-corrected chi connectivity index (χ3v) is 10.2. The SMILES string of the molecule is COc1ccc2c(c1OC)CN1CC(CCC(c3ccc(Br)cc3)c3ccc(Br)cc3)c3cc4c(cc3C1C2)OCO4. The van der Waals surface area contributed by atoms with Crippen molar-refractivity contribution >= 4 is 31.9 Å². The molecule has 0 spiro atoms. The van der Waals surface area contributed by atoms with Crippen LogP contribution in [0.3, 0.4) is 0 Å². The topological polar surface area (TPSA) is 40.2 Å². The highest BCUT2D eigenvalue weighted by atomic mass is 79.9. The molecule has 2 atom stereocenters. The molecule has 0 N–H and O–H groups in total. The molecule has 7 rings (SSSR count). The molecule has 0 bridgehead atoms. The summed E-state index contributed by atoms with van der Waals surface area (Å²) in [5, 5.41) is 0. The fourth-order valence-electron chi connectivity index (χ4n) is 7.07. The number of fused-ring (bicyclic) bond motifs is 5. The first kappa shape index (κ1) is 27.8. The monoisotopic (exact) mass is 689 g/mol. The van der Waals surface area contributed by atoms with Gasteiger partial charge in [-0.2, -0.15) is 0 Å². The molecule has 42 heavy (non-hydrogen) atoms. The van der Waals surface area contributed by atoms with E-state index in [1.165, 1.54) is 33.4 Å². The zero-order valence-corrected chi connectivity index (χ0v) is 26.9. The number of nitrogens with zero attached hydrogens (tertiary/aromatic N) is 1. The molecule has 3 aliphatic rings. The number of methoxy groups -OCH3 is 2. The van der Waals surface area contributed by atoms with E-state index in [0.717, 1.165) is 64.3 Å². The van der Waals surface area contributed by atoms with Gasteiger partial charge in [-0.1, -0.05) is 62.2 Å². The van der Waals surface area contributed by atoms with Crippen LogP contribution in [0.1, 0.15) is 64.1 Å². The zero-order valence-electron chi connectivity index (χ0n) is 23.7. The maximum atomic E-state index is 5.87. The van der Waals surface area contributed by atoms with E-state index in [1.54, 1.807) is 14.2 Å². The van der Waals surface area contributed by atoms with Gasteiger partial charge < -0.3 is 18.9 Å². The third kappa shape index (κ3) is 5.10. The molecule has 0 saturated carbocycles. The Kier molecular flexibility index (Phi) is 7.67. The van der Waals surface area contributed by atoms with E-state index in [4.69, 9.17) is 18.9 Å². The van der Waals surface area contributed by atoms with Crippen LogP contribution in [0, 0.1) is 0 Å². The summed E-state index contributed by atoms with van der Waals surface area (Å²) in [5.41, 5.74) is 7.99. The number of halogens is 2. The van der Waals surface area contributed by atoms with Gasteiger partial charge >= 0.3 is 0 Å². The van der Waals surface area contributed by atoms with E-state index in [9.17, 15) is 0 Å². The Morgan fingerprint density at radius 3 is 2.10 bits per heavy atom. The second-order valence-corrected chi connectivity index (χ2v) is 13.2. The number of rotatable bonds is 7. The molecule has 3 aliphatic heterocycles. The lowest BCUT2D eigenvalue weighted by molar-refractivity contribution is 0.138. The average molecular weight is 691 g/mol. The van der Waals surface area contributed by atoms with Crippen molar-refractivity contribution in [1.82, 2.24) is 4.90 Å². The van der Waals surface area contributed by atoms with Gasteiger partial charge in [0.1, 0.15) is 0 Å². The first-order chi connectivity index (χ1) is 20.5. The Morgan fingerprint density at radius 1 is 0.833 bits per heavy atom. The van der Waals surface area contributed by atoms with Crippen LogP contribution in [-0.2, 0) is 13.0 Å². The maximum absolute atomic E-state index is 5.87. The molecule has 5 nitrogen and oxygen atoms in total. The number of ether oxygens (including phenoxy) is 4. The van der Waals surface area contributed by atoms with Gasteiger partial charge in [-0.05, 0) is 95.5 Å². The van der Waals surface area contributed by atoms with Crippen LogP contribution in [0.5, 0.6) is 23.0 Å². The molecule has 0 aliphatic carbocycles. The number of hydrogen-bond donors (Lipinski definition) is 0. The minimum Gasteiger partial charge on any atom is -0.493 e. The highest BCUT2D eigenvalue weighted by Crippen LogP contribution is 2.50. The van der Waals surface area contributed by atoms with Crippen molar-refractivity contribution in [3.8, 4) is 23.0 Å². The Labute approximate surface area is 264 Å². The van der Waals surface area contributed by atoms with Gasteiger partial charge in [0, 0.05) is 39.6 Å². The molecule has 216 valence electrons. The van der Waals surface area contributed by atoms with E-state index >= 15 is 0 Å². The molecule has 3 heterocycles. The zero-order chi connectivity index (χ0) is 28.8. The standard InChI is InChI=1S/C35H33Br2NO4/c1-39-32-14-8-23-15-31-29-17-34-33(41-20-42-34)16-28(29)24(18-38(31)19-30(23)35(32)40-2)7-13-27(21-3-9-25(36)10-4-21)22-5-11-26(37)12-6-22/h3-6,8-12,14,16-17,24,27,31H,7,13,15,18-20H2,1-2H3. The fraction of sp³-hybridized carbons (Fsp3) is 0.314. The molecule has 0 aromatic heterocycles. The van der Waals surface area contributed by atoms with Gasteiger partial charge in [-0.15, -0.1) is 0 Å². The quantitative estimate of drug-likeness (QED) is 0.194. The van der Waals surface area contributed by atoms with Crippen LogP contribution >= 0.6 is 31.9 Å². The highest BCUT2D eigenvalue weighted by molar-refractivity contribution is 9.10. The summed E-state index contributed by atoms with van der Waals surface area (Å²) >= 11 is 7.23. The van der Waals surface area contributed by atoms with Gasteiger partial charge in [0.05, 0.1) is 14.2 Å². The molecule has 7 heteroatoms. The molecule has 0 amide bonds. The Hall–Kier alpha value is -3.00. The molecule has 0 saturated heterocycles. The smallest absolute Gasteiger partial charge is 0.231 e. The van der Waals surface area contributed by atoms with Crippen LogP contribution in [0.4, 0.5) is 0 Å². The third-order valence-electron chi connectivity index (χ3n) is 9.14. The second-order valence-electron chi connectivity index (χ2n) is 11.4. The summed E-state index contributed by atoms with van der Waals surface area (Å²) in [5.74, 6) is 4.03. The minimum absolute atomic E-state index is 0.282. The predicted octanol–water partition coefficient (Wildman–Crippen LogP) is 8.77.